The van der Waals surface area contributed by atoms with Crippen molar-refractivity contribution in [2.24, 2.45) is 0 Å². The van der Waals surface area contributed by atoms with Crippen molar-refractivity contribution in [3.63, 3.8) is 0 Å². The van der Waals surface area contributed by atoms with Crippen molar-refractivity contribution in [1.82, 2.24) is 19.5 Å². The molecule has 1 heterocycles. The summed E-state index contributed by atoms with van der Waals surface area (Å²) in [6.45, 7) is 1.69. The van der Waals surface area contributed by atoms with Crippen LogP contribution in [0.15, 0.2) is 35.5 Å². The minimum Gasteiger partial charge on any atom is -0.491 e. The maximum Gasteiger partial charge on any atom is 0.240 e. The summed E-state index contributed by atoms with van der Waals surface area (Å²) >= 11 is 0. The molecule has 0 saturated heterocycles. The molecule has 0 aliphatic heterocycles. The van der Waals surface area contributed by atoms with Crippen molar-refractivity contribution in [2.75, 3.05) is 26.9 Å². The lowest BCUT2D eigenvalue weighted by atomic mass is 10.3. The number of hydrogen-bond acceptors (Lipinski definition) is 6. The highest BCUT2D eigenvalue weighted by molar-refractivity contribution is 7.89. The first-order chi connectivity index (χ1) is 12.1. The van der Waals surface area contributed by atoms with Gasteiger partial charge in [-0.2, -0.15) is 0 Å². The van der Waals surface area contributed by atoms with Crippen LogP contribution in [0.4, 0.5) is 0 Å². The molecule has 1 aliphatic rings. The minimum atomic E-state index is -3.56. The van der Waals surface area contributed by atoms with Crippen molar-refractivity contribution in [2.45, 2.75) is 30.2 Å². The standard InChI is InChI=1S/C16H22N4O4S/c1-23-10-11-24-14-4-6-15(7-5-14)25(21,22)18-8-9-20-12-17-19-16(20)13-2-3-13/h4-7,12-13,18H,2-3,8-11H2,1H3. The summed E-state index contributed by atoms with van der Waals surface area (Å²) < 4.78 is 39.5. The Balaban J connectivity index is 1.53. The fourth-order valence-corrected chi connectivity index (χ4v) is 3.46. The summed E-state index contributed by atoms with van der Waals surface area (Å²) in [6, 6.07) is 6.32. The molecule has 3 rings (SSSR count). The number of benzene rings is 1. The third-order valence-electron chi connectivity index (χ3n) is 3.92. The number of methoxy groups -OCH3 is 1. The molecule has 136 valence electrons. The van der Waals surface area contributed by atoms with Gasteiger partial charge in [0, 0.05) is 26.1 Å². The molecule has 1 aromatic carbocycles. The number of nitrogens with one attached hydrogen (secondary N) is 1. The zero-order valence-corrected chi connectivity index (χ0v) is 14.9. The number of rotatable bonds is 10. The Kier molecular flexibility index (Phi) is 5.67. The van der Waals surface area contributed by atoms with E-state index in [1.807, 2.05) is 4.57 Å². The Morgan fingerprint density at radius 1 is 1.24 bits per heavy atom. The van der Waals surface area contributed by atoms with Crippen LogP contribution in [0.3, 0.4) is 0 Å². The minimum absolute atomic E-state index is 0.206. The third kappa shape index (κ3) is 4.77. The van der Waals surface area contributed by atoms with Gasteiger partial charge in [0.25, 0.3) is 0 Å². The van der Waals surface area contributed by atoms with E-state index in [4.69, 9.17) is 9.47 Å². The molecule has 0 unspecified atom stereocenters. The molecule has 2 aromatic rings. The largest absolute Gasteiger partial charge is 0.491 e. The molecule has 1 N–H and O–H groups in total. The molecule has 1 fully saturated rings. The molecular weight excluding hydrogens is 344 g/mol. The van der Waals surface area contributed by atoms with Crippen LogP contribution in [-0.2, 0) is 21.3 Å². The maximum absolute atomic E-state index is 12.4. The molecule has 1 aliphatic carbocycles. The van der Waals surface area contributed by atoms with Gasteiger partial charge in [-0.3, -0.25) is 0 Å². The smallest absolute Gasteiger partial charge is 0.240 e. The Labute approximate surface area is 147 Å². The fraction of sp³-hybridized carbons (Fsp3) is 0.500. The molecule has 0 bridgehead atoms. The molecule has 0 radical (unpaired) electrons. The molecule has 1 saturated carbocycles. The van der Waals surface area contributed by atoms with Gasteiger partial charge in [0.2, 0.25) is 10.0 Å². The van der Waals surface area contributed by atoms with Crippen LogP contribution in [0.5, 0.6) is 5.75 Å². The van der Waals surface area contributed by atoms with Gasteiger partial charge < -0.3 is 14.0 Å². The molecule has 0 atom stereocenters. The highest BCUT2D eigenvalue weighted by atomic mass is 32.2. The second kappa shape index (κ2) is 7.94. The second-order valence-electron chi connectivity index (χ2n) is 5.87. The van der Waals surface area contributed by atoms with Crippen LogP contribution in [0.25, 0.3) is 0 Å². The molecule has 25 heavy (non-hydrogen) atoms. The van der Waals surface area contributed by atoms with Gasteiger partial charge in [-0.1, -0.05) is 0 Å². The van der Waals surface area contributed by atoms with E-state index in [1.165, 1.54) is 12.1 Å². The first kappa shape index (κ1) is 17.8. The summed E-state index contributed by atoms with van der Waals surface area (Å²) in [4.78, 5) is 0.206. The first-order valence-corrected chi connectivity index (χ1v) is 9.67. The van der Waals surface area contributed by atoms with Gasteiger partial charge in [0.05, 0.1) is 11.5 Å². The van der Waals surface area contributed by atoms with Gasteiger partial charge >= 0.3 is 0 Å². The van der Waals surface area contributed by atoms with Crippen LogP contribution in [0.1, 0.15) is 24.6 Å². The van der Waals surface area contributed by atoms with Crippen molar-refractivity contribution < 1.29 is 17.9 Å². The van der Waals surface area contributed by atoms with E-state index < -0.39 is 10.0 Å². The number of aromatic nitrogens is 3. The molecule has 0 spiro atoms. The Bertz CT molecular complexity index is 785. The van der Waals surface area contributed by atoms with Crippen LogP contribution < -0.4 is 9.46 Å². The lowest BCUT2D eigenvalue weighted by Crippen LogP contribution is -2.27. The zero-order valence-electron chi connectivity index (χ0n) is 14.1. The van der Waals surface area contributed by atoms with Gasteiger partial charge in [-0.05, 0) is 37.1 Å². The summed E-state index contributed by atoms with van der Waals surface area (Å²) in [5, 5.41) is 8.01. The van der Waals surface area contributed by atoms with E-state index in [0.29, 0.717) is 31.4 Å². The van der Waals surface area contributed by atoms with Crippen molar-refractivity contribution >= 4 is 10.0 Å². The average Bonchev–Trinajstić information content (AvgIpc) is 3.34. The Morgan fingerprint density at radius 3 is 2.68 bits per heavy atom. The Morgan fingerprint density at radius 2 is 2.00 bits per heavy atom. The topological polar surface area (TPSA) is 95.3 Å². The molecular formula is C16H22N4O4S. The number of ether oxygens (including phenoxy) is 2. The highest BCUT2D eigenvalue weighted by Crippen LogP contribution is 2.38. The maximum atomic E-state index is 12.4. The second-order valence-corrected chi connectivity index (χ2v) is 7.63. The van der Waals surface area contributed by atoms with Crippen molar-refractivity contribution in [1.29, 1.82) is 0 Å². The number of hydrogen-bond donors (Lipinski definition) is 1. The van der Waals surface area contributed by atoms with Crippen LogP contribution in [0.2, 0.25) is 0 Å². The van der Waals surface area contributed by atoms with E-state index in [-0.39, 0.29) is 11.4 Å². The van der Waals surface area contributed by atoms with E-state index in [0.717, 1.165) is 18.7 Å². The van der Waals surface area contributed by atoms with Crippen molar-refractivity contribution in [3.8, 4) is 5.75 Å². The molecule has 1 aromatic heterocycles. The van der Waals surface area contributed by atoms with E-state index in [2.05, 4.69) is 14.9 Å². The lowest BCUT2D eigenvalue weighted by molar-refractivity contribution is 0.146. The van der Waals surface area contributed by atoms with E-state index in [1.54, 1.807) is 25.6 Å². The van der Waals surface area contributed by atoms with Crippen LogP contribution >= 0.6 is 0 Å². The number of sulfonamides is 1. The number of nitrogens with zero attached hydrogens (tertiary/aromatic N) is 3. The van der Waals surface area contributed by atoms with E-state index >= 15 is 0 Å². The van der Waals surface area contributed by atoms with Crippen molar-refractivity contribution in [3.05, 3.63) is 36.4 Å². The van der Waals surface area contributed by atoms with Crippen LogP contribution in [-0.4, -0.2) is 50.1 Å². The quantitative estimate of drug-likeness (QED) is 0.634. The summed E-state index contributed by atoms with van der Waals surface area (Å²) in [5.41, 5.74) is 0. The van der Waals surface area contributed by atoms with Gasteiger partial charge in [0.1, 0.15) is 24.5 Å². The first-order valence-electron chi connectivity index (χ1n) is 8.19. The predicted molar refractivity (Wildman–Crippen MR) is 91.0 cm³/mol. The molecule has 0 amide bonds. The summed E-state index contributed by atoms with van der Waals surface area (Å²) in [5.74, 6) is 2.02. The van der Waals surface area contributed by atoms with E-state index in [9.17, 15) is 8.42 Å². The zero-order chi connectivity index (χ0) is 17.7. The predicted octanol–water partition coefficient (Wildman–Crippen LogP) is 1.16. The van der Waals surface area contributed by atoms with Gasteiger partial charge in [-0.25, -0.2) is 13.1 Å². The average molecular weight is 366 g/mol. The third-order valence-corrected chi connectivity index (χ3v) is 5.40. The fourth-order valence-electron chi connectivity index (χ4n) is 2.44. The van der Waals surface area contributed by atoms with Gasteiger partial charge in [0.15, 0.2) is 0 Å². The normalized spacial score (nSPS) is 14.6. The monoisotopic (exact) mass is 366 g/mol. The lowest BCUT2D eigenvalue weighted by Gasteiger charge is -2.10. The van der Waals surface area contributed by atoms with Crippen LogP contribution in [0, 0.1) is 0 Å². The highest BCUT2D eigenvalue weighted by Gasteiger charge is 2.28. The Hall–Kier alpha value is -1.97. The molecule has 8 nitrogen and oxygen atoms in total. The summed E-state index contributed by atoms with van der Waals surface area (Å²) in [6.07, 6.45) is 3.90. The molecule has 9 heteroatoms. The SMILES string of the molecule is COCCOc1ccc(S(=O)(=O)NCCn2cnnc2C2CC2)cc1. The van der Waals surface area contributed by atoms with Gasteiger partial charge in [-0.15, -0.1) is 10.2 Å². The summed E-state index contributed by atoms with van der Waals surface area (Å²) in [7, 11) is -1.96.